The molecule has 0 spiro atoms. The number of methoxy groups -OCH3 is 1. The topological polar surface area (TPSA) is 68.5 Å². The number of halogens is 3. The molecular weight excluding hydrogens is 351 g/mol. The number of rotatable bonds is 3. The number of fused-ring (bicyclic) bond motifs is 1. The van der Waals surface area contributed by atoms with Gasteiger partial charge in [0.05, 0.1) is 12.7 Å². The molecule has 2 aromatic carbocycles. The van der Waals surface area contributed by atoms with Crippen LogP contribution in [0.15, 0.2) is 52.9 Å². The van der Waals surface area contributed by atoms with Gasteiger partial charge in [0.2, 0.25) is 5.76 Å². The molecule has 0 aliphatic carbocycles. The van der Waals surface area contributed by atoms with Crippen molar-refractivity contribution in [2.75, 3.05) is 12.4 Å². The SMILES string of the molecule is COC(=O)c1oc2ccc(C(F)(F)F)cc2c1NC(=O)c1ccccc1. The van der Waals surface area contributed by atoms with Crippen molar-refractivity contribution in [2.24, 2.45) is 0 Å². The van der Waals surface area contributed by atoms with Crippen LogP contribution < -0.4 is 5.32 Å². The Morgan fingerprint density at radius 2 is 1.77 bits per heavy atom. The third kappa shape index (κ3) is 3.26. The molecule has 8 heteroatoms. The number of hydrogen-bond acceptors (Lipinski definition) is 4. The zero-order valence-corrected chi connectivity index (χ0v) is 13.4. The highest BCUT2D eigenvalue weighted by molar-refractivity contribution is 6.13. The fraction of sp³-hybridized carbons (Fsp3) is 0.111. The minimum Gasteiger partial charge on any atom is -0.463 e. The van der Waals surface area contributed by atoms with Gasteiger partial charge in [-0.1, -0.05) is 18.2 Å². The molecular formula is C18H12F3NO4. The van der Waals surface area contributed by atoms with Gasteiger partial charge in [-0.25, -0.2) is 4.79 Å². The fourth-order valence-electron chi connectivity index (χ4n) is 2.41. The predicted octanol–water partition coefficient (Wildman–Crippen LogP) is 4.49. The van der Waals surface area contributed by atoms with E-state index in [9.17, 15) is 22.8 Å². The highest BCUT2D eigenvalue weighted by Crippen LogP contribution is 2.37. The number of nitrogens with one attached hydrogen (secondary N) is 1. The number of esters is 1. The smallest absolute Gasteiger partial charge is 0.416 e. The van der Waals surface area contributed by atoms with Gasteiger partial charge in [0.1, 0.15) is 11.3 Å². The van der Waals surface area contributed by atoms with Crippen molar-refractivity contribution in [2.45, 2.75) is 6.18 Å². The zero-order valence-electron chi connectivity index (χ0n) is 13.4. The standard InChI is InChI=1S/C18H12F3NO4/c1-25-17(24)15-14(22-16(23)10-5-3-2-4-6-10)12-9-11(18(19,20)21)7-8-13(12)26-15/h2-9H,1H3,(H,22,23). The number of carbonyl (C=O) groups is 2. The Morgan fingerprint density at radius 1 is 1.08 bits per heavy atom. The van der Waals surface area contributed by atoms with Crippen LogP contribution in [0.5, 0.6) is 0 Å². The number of hydrogen-bond donors (Lipinski definition) is 1. The van der Waals surface area contributed by atoms with E-state index in [2.05, 4.69) is 10.1 Å². The summed E-state index contributed by atoms with van der Waals surface area (Å²) in [6.45, 7) is 0. The summed E-state index contributed by atoms with van der Waals surface area (Å²) in [5.41, 5.74) is -0.823. The van der Waals surface area contributed by atoms with E-state index in [0.717, 1.165) is 25.3 Å². The molecule has 1 N–H and O–H groups in total. The number of furan rings is 1. The third-order valence-electron chi connectivity index (χ3n) is 3.66. The molecule has 0 aliphatic heterocycles. The van der Waals surface area contributed by atoms with Crippen molar-refractivity contribution in [3.63, 3.8) is 0 Å². The number of anilines is 1. The van der Waals surface area contributed by atoms with Crippen LogP contribution in [0.2, 0.25) is 0 Å². The molecule has 0 bridgehead atoms. The number of benzene rings is 2. The van der Waals surface area contributed by atoms with Crippen LogP contribution in [-0.4, -0.2) is 19.0 Å². The number of carbonyl (C=O) groups excluding carboxylic acids is 2. The molecule has 0 saturated heterocycles. The van der Waals surface area contributed by atoms with Crippen molar-refractivity contribution in [3.8, 4) is 0 Å². The molecule has 0 atom stereocenters. The van der Waals surface area contributed by atoms with Crippen LogP contribution in [0.25, 0.3) is 11.0 Å². The van der Waals surface area contributed by atoms with Crippen LogP contribution in [0, 0.1) is 0 Å². The van der Waals surface area contributed by atoms with Crippen LogP contribution in [0.4, 0.5) is 18.9 Å². The molecule has 1 amide bonds. The Bertz CT molecular complexity index is 977. The molecule has 5 nitrogen and oxygen atoms in total. The summed E-state index contributed by atoms with van der Waals surface area (Å²) in [6.07, 6.45) is -4.59. The average molecular weight is 363 g/mol. The van der Waals surface area contributed by atoms with Crippen molar-refractivity contribution in [3.05, 3.63) is 65.4 Å². The molecule has 26 heavy (non-hydrogen) atoms. The van der Waals surface area contributed by atoms with E-state index in [-0.39, 0.29) is 28.0 Å². The summed E-state index contributed by atoms with van der Waals surface area (Å²) in [4.78, 5) is 24.3. The van der Waals surface area contributed by atoms with Crippen LogP contribution in [0.3, 0.4) is 0 Å². The molecule has 0 fully saturated rings. The maximum Gasteiger partial charge on any atom is 0.416 e. The fourth-order valence-corrected chi connectivity index (χ4v) is 2.41. The summed E-state index contributed by atoms with van der Waals surface area (Å²) in [5, 5.41) is 2.39. The average Bonchev–Trinajstić information content (AvgIpc) is 2.99. The molecule has 0 unspecified atom stereocenters. The largest absolute Gasteiger partial charge is 0.463 e. The molecule has 0 saturated carbocycles. The van der Waals surface area contributed by atoms with Gasteiger partial charge in [0.15, 0.2) is 0 Å². The van der Waals surface area contributed by atoms with Gasteiger partial charge in [-0.3, -0.25) is 4.79 Å². The van der Waals surface area contributed by atoms with E-state index in [1.54, 1.807) is 18.2 Å². The molecule has 1 heterocycles. The lowest BCUT2D eigenvalue weighted by Crippen LogP contribution is -2.14. The molecule has 1 aromatic heterocycles. The molecule has 0 aliphatic rings. The highest BCUT2D eigenvalue weighted by Gasteiger charge is 2.32. The van der Waals surface area contributed by atoms with E-state index in [0.29, 0.717) is 0 Å². The second-order valence-corrected chi connectivity index (χ2v) is 5.33. The van der Waals surface area contributed by atoms with Crippen molar-refractivity contribution >= 4 is 28.5 Å². The summed E-state index contributed by atoms with van der Waals surface area (Å²) < 4.78 is 48.9. The first-order valence-corrected chi connectivity index (χ1v) is 7.39. The number of ether oxygens (including phenoxy) is 1. The molecule has 3 aromatic rings. The van der Waals surface area contributed by atoms with E-state index >= 15 is 0 Å². The first kappa shape index (κ1) is 17.5. The third-order valence-corrected chi connectivity index (χ3v) is 3.66. The Balaban J connectivity index is 2.13. The van der Waals surface area contributed by atoms with Gasteiger partial charge in [-0.05, 0) is 30.3 Å². The maximum absolute atomic E-state index is 13.0. The van der Waals surface area contributed by atoms with Crippen LogP contribution in [0.1, 0.15) is 26.5 Å². The van der Waals surface area contributed by atoms with Crippen LogP contribution in [-0.2, 0) is 10.9 Å². The minimum absolute atomic E-state index is 0.0155. The Kier molecular flexibility index (Phi) is 4.41. The van der Waals surface area contributed by atoms with Crippen molar-refractivity contribution < 1.29 is 31.9 Å². The lowest BCUT2D eigenvalue weighted by molar-refractivity contribution is -0.137. The Hall–Kier alpha value is -3.29. The van der Waals surface area contributed by atoms with Crippen molar-refractivity contribution in [1.29, 1.82) is 0 Å². The molecule has 134 valence electrons. The normalized spacial score (nSPS) is 11.4. The zero-order chi connectivity index (χ0) is 18.9. The first-order chi connectivity index (χ1) is 12.3. The summed E-state index contributed by atoms with van der Waals surface area (Å²) in [7, 11) is 1.10. The van der Waals surface area contributed by atoms with E-state index < -0.39 is 23.6 Å². The summed E-state index contributed by atoms with van der Waals surface area (Å²) >= 11 is 0. The predicted molar refractivity (Wildman–Crippen MR) is 87.0 cm³/mol. The van der Waals surface area contributed by atoms with Crippen molar-refractivity contribution in [1.82, 2.24) is 0 Å². The van der Waals surface area contributed by atoms with Gasteiger partial charge < -0.3 is 14.5 Å². The highest BCUT2D eigenvalue weighted by atomic mass is 19.4. The van der Waals surface area contributed by atoms with E-state index in [1.165, 1.54) is 12.1 Å². The van der Waals surface area contributed by atoms with E-state index in [4.69, 9.17) is 4.42 Å². The lowest BCUT2D eigenvalue weighted by Gasteiger charge is -2.08. The van der Waals surface area contributed by atoms with Gasteiger partial charge in [-0.2, -0.15) is 13.2 Å². The molecule has 0 radical (unpaired) electrons. The monoisotopic (exact) mass is 363 g/mol. The summed E-state index contributed by atoms with van der Waals surface area (Å²) in [5.74, 6) is -1.90. The second kappa shape index (κ2) is 6.55. The molecule has 3 rings (SSSR count). The Labute approximate surface area is 145 Å². The van der Waals surface area contributed by atoms with Gasteiger partial charge in [0, 0.05) is 10.9 Å². The van der Waals surface area contributed by atoms with Gasteiger partial charge >= 0.3 is 12.1 Å². The van der Waals surface area contributed by atoms with Gasteiger partial charge in [-0.15, -0.1) is 0 Å². The second-order valence-electron chi connectivity index (χ2n) is 5.33. The van der Waals surface area contributed by atoms with Crippen LogP contribution >= 0.6 is 0 Å². The number of alkyl halides is 3. The summed E-state index contributed by atoms with van der Waals surface area (Å²) in [6, 6.07) is 10.7. The maximum atomic E-state index is 13.0. The minimum atomic E-state index is -4.59. The first-order valence-electron chi connectivity index (χ1n) is 7.39. The quantitative estimate of drug-likeness (QED) is 0.696. The Morgan fingerprint density at radius 3 is 2.38 bits per heavy atom. The van der Waals surface area contributed by atoms with Gasteiger partial charge in [0.25, 0.3) is 5.91 Å². The lowest BCUT2D eigenvalue weighted by atomic mass is 10.1. The number of amides is 1. The van der Waals surface area contributed by atoms with E-state index in [1.807, 2.05) is 0 Å².